The molecule has 18 heavy (non-hydrogen) atoms. The maximum Gasteiger partial charge on any atom is 0.229 e. The highest BCUT2D eigenvalue weighted by atomic mass is 35.5. The highest BCUT2D eigenvalue weighted by Gasteiger charge is 2.22. The Morgan fingerprint density at radius 2 is 1.83 bits per heavy atom. The van der Waals surface area contributed by atoms with Gasteiger partial charge in [0.1, 0.15) is 0 Å². The van der Waals surface area contributed by atoms with Crippen LogP contribution in [0.25, 0.3) is 0 Å². The average Bonchev–Trinajstić information content (AvgIpc) is 2.18. The van der Waals surface area contributed by atoms with E-state index < -0.39 is 15.3 Å². The van der Waals surface area contributed by atoms with Crippen molar-refractivity contribution in [1.29, 1.82) is 0 Å². The van der Waals surface area contributed by atoms with Crippen molar-refractivity contribution >= 4 is 33.0 Å². The van der Waals surface area contributed by atoms with Gasteiger partial charge >= 0.3 is 0 Å². The summed E-state index contributed by atoms with van der Waals surface area (Å²) in [5, 5.41) is 2.93. The normalized spacial score (nSPS) is 12.3. The van der Waals surface area contributed by atoms with Gasteiger partial charge in [-0.1, -0.05) is 32.4 Å². The third kappa shape index (κ3) is 3.71. The molecule has 1 aromatic carbocycles. The standard InChI is InChI=1S/C12H16ClNO3S/c1-12(2,3)11(15)14-10-7-8(18(4,16)17)5-6-9(10)13/h5-7H,1-4H3,(H,14,15). The Kier molecular flexibility index (Phi) is 4.08. The van der Waals surface area contributed by atoms with Crippen LogP contribution in [-0.4, -0.2) is 20.6 Å². The fourth-order valence-corrected chi connectivity index (χ4v) is 1.95. The molecule has 0 aliphatic heterocycles. The lowest BCUT2D eigenvalue weighted by atomic mass is 9.95. The summed E-state index contributed by atoms with van der Waals surface area (Å²) in [6.45, 7) is 5.28. The van der Waals surface area contributed by atoms with Gasteiger partial charge in [-0.25, -0.2) is 8.42 Å². The first-order valence-corrected chi connectivity index (χ1v) is 7.60. The van der Waals surface area contributed by atoms with E-state index in [1.807, 2.05) is 0 Å². The minimum atomic E-state index is -3.32. The Hall–Kier alpha value is -1.07. The topological polar surface area (TPSA) is 63.2 Å². The zero-order valence-corrected chi connectivity index (χ0v) is 12.3. The summed E-state index contributed by atoms with van der Waals surface area (Å²) in [6, 6.07) is 4.22. The molecule has 0 heterocycles. The molecule has 0 aromatic heterocycles. The summed E-state index contributed by atoms with van der Waals surface area (Å²) in [7, 11) is -3.32. The predicted molar refractivity (Wildman–Crippen MR) is 72.6 cm³/mol. The highest BCUT2D eigenvalue weighted by Crippen LogP contribution is 2.27. The first-order valence-electron chi connectivity index (χ1n) is 5.33. The van der Waals surface area contributed by atoms with Crippen LogP contribution >= 0.6 is 11.6 Å². The average molecular weight is 290 g/mol. The van der Waals surface area contributed by atoms with Gasteiger partial charge in [-0.15, -0.1) is 0 Å². The van der Waals surface area contributed by atoms with Crippen molar-refractivity contribution in [2.45, 2.75) is 25.7 Å². The molecule has 0 bridgehead atoms. The van der Waals surface area contributed by atoms with Gasteiger partial charge < -0.3 is 5.32 Å². The lowest BCUT2D eigenvalue weighted by Crippen LogP contribution is -2.27. The van der Waals surface area contributed by atoms with E-state index in [9.17, 15) is 13.2 Å². The zero-order valence-electron chi connectivity index (χ0n) is 10.7. The summed E-state index contributed by atoms with van der Waals surface area (Å²) in [6.07, 6.45) is 1.10. The van der Waals surface area contributed by atoms with E-state index in [4.69, 9.17) is 11.6 Å². The van der Waals surface area contributed by atoms with Crippen molar-refractivity contribution in [3.8, 4) is 0 Å². The number of hydrogen-bond donors (Lipinski definition) is 1. The summed E-state index contributed by atoms with van der Waals surface area (Å²) < 4.78 is 22.8. The van der Waals surface area contributed by atoms with E-state index in [0.717, 1.165) is 6.26 Å². The highest BCUT2D eigenvalue weighted by molar-refractivity contribution is 7.90. The van der Waals surface area contributed by atoms with Crippen LogP contribution in [0.3, 0.4) is 0 Å². The van der Waals surface area contributed by atoms with Crippen LogP contribution < -0.4 is 5.32 Å². The number of benzene rings is 1. The molecule has 0 saturated carbocycles. The van der Waals surface area contributed by atoms with Crippen LogP contribution in [0.5, 0.6) is 0 Å². The Morgan fingerprint density at radius 1 is 1.28 bits per heavy atom. The van der Waals surface area contributed by atoms with E-state index in [2.05, 4.69) is 5.32 Å². The number of rotatable bonds is 2. The molecule has 1 rings (SSSR count). The molecule has 0 saturated heterocycles. The molecule has 0 aliphatic carbocycles. The molecule has 100 valence electrons. The van der Waals surface area contributed by atoms with Crippen LogP contribution in [0.1, 0.15) is 20.8 Å². The summed E-state index contributed by atoms with van der Waals surface area (Å²) >= 11 is 5.93. The zero-order chi connectivity index (χ0) is 14.1. The fourth-order valence-electron chi connectivity index (χ4n) is 1.14. The van der Waals surface area contributed by atoms with Gasteiger partial charge in [0.2, 0.25) is 5.91 Å². The van der Waals surface area contributed by atoms with E-state index in [1.54, 1.807) is 20.8 Å². The van der Waals surface area contributed by atoms with E-state index in [-0.39, 0.29) is 10.8 Å². The van der Waals surface area contributed by atoms with Crippen molar-refractivity contribution in [1.82, 2.24) is 0 Å². The molecule has 1 N–H and O–H groups in total. The van der Waals surface area contributed by atoms with Crippen molar-refractivity contribution in [2.75, 3.05) is 11.6 Å². The smallest absolute Gasteiger partial charge is 0.229 e. The monoisotopic (exact) mass is 289 g/mol. The Labute approximate surface area is 112 Å². The number of amides is 1. The molecular formula is C12H16ClNO3S. The molecule has 4 nitrogen and oxygen atoms in total. The summed E-state index contributed by atoms with van der Waals surface area (Å²) in [5.74, 6) is -0.227. The molecule has 0 atom stereocenters. The van der Waals surface area contributed by atoms with Gasteiger partial charge in [0.05, 0.1) is 15.6 Å². The van der Waals surface area contributed by atoms with E-state index >= 15 is 0 Å². The van der Waals surface area contributed by atoms with Crippen LogP contribution in [-0.2, 0) is 14.6 Å². The summed E-state index contributed by atoms with van der Waals surface area (Å²) in [5.41, 5.74) is -0.274. The minimum Gasteiger partial charge on any atom is -0.324 e. The van der Waals surface area contributed by atoms with Crippen LogP contribution in [0.2, 0.25) is 5.02 Å². The molecule has 0 unspecified atom stereocenters. The third-order valence-electron chi connectivity index (χ3n) is 2.30. The van der Waals surface area contributed by atoms with Crippen molar-refractivity contribution in [3.05, 3.63) is 23.2 Å². The first-order chi connectivity index (χ1) is 8.01. The number of anilines is 1. The number of sulfone groups is 1. The first kappa shape index (κ1) is 15.0. The van der Waals surface area contributed by atoms with Crippen molar-refractivity contribution in [2.24, 2.45) is 5.41 Å². The second kappa shape index (κ2) is 4.90. The van der Waals surface area contributed by atoms with Gasteiger partial charge in [0.15, 0.2) is 9.84 Å². The molecule has 1 amide bonds. The second-order valence-corrected chi connectivity index (χ2v) is 7.54. The van der Waals surface area contributed by atoms with Gasteiger partial charge in [-0.2, -0.15) is 0 Å². The van der Waals surface area contributed by atoms with Gasteiger partial charge in [-0.3, -0.25) is 4.79 Å². The van der Waals surface area contributed by atoms with Gasteiger partial charge in [-0.05, 0) is 18.2 Å². The predicted octanol–water partition coefficient (Wildman–Crippen LogP) is 2.73. The van der Waals surface area contributed by atoms with Gasteiger partial charge in [0.25, 0.3) is 0 Å². The van der Waals surface area contributed by atoms with Crippen LogP contribution in [0.15, 0.2) is 23.1 Å². The largest absolute Gasteiger partial charge is 0.324 e. The summed E-state index contributed by atoms with van der Waals surface area (Å²) in [4.78, 5) is 11.9. The number of carbonyl (C=O) groups excluding carboxylic acids is 1. The SMILES string of the molecule is CC(C)(C)C(=O)Nc1cc(S(C)(=O)=O)ccc1Cl. The lowest BCUT2D eigenvalue weighted by molar-refractivity contribution is -0.123. The molecule has 6 heteroatoms. The maximum absolute atomic E-state index is 11.8. The lowest BCUT2D eigenvalue weighted by Gasteiger charge is -2.18. The fraction of sp³-hybridized carbons (Fsp3) is 0.417. The van der Waals surface area contributed by atoms with E-state index in [1.165, 1.54) is 18.2 Å². The number of hydrogen-bond acceptors (Lipinski definition) is 3. The van der Waals surface area contributed by atoms with E-state index in [0.29, 0.717) is 10.7 Å². The number of nitrogens with one attached hydrogen (secondary N) is 1. The molecule has 0 aliphatic rings. The molecule has 0 fully saturated rings. The molecular weight excluding hydrogens is 274 g/mol. The maximum atomic E-state index is 11.8. The van der Waals surface area contributed by atoms with Crippen LogP contribution in [0.4, 0.5) is 5.69 Å². The van der Waals surface area contributed by atoms with Crippen LogP contribution in [0, 0.1) is 5.41 Å². The van der Waals surface area contributed by atoms with Crippen molar-refractivity contribution < 1.29 is 13.2 Å². The number of carbonyl (C=O) groups is 1. The molecule has 0 radical (unpaired) electrons. The number of halogens is 1. The second-order valence-electron chi connectivity index (χ2n) is 5.12. The Morgan fingerprint density at radius 3 is 2.28 bits per heavy atom. The van der Waals surface area contributed by atoms with Crippen molar-refractivity contribution in [3.63, 3.8) is 0 Å². The Bertz CT molecular complexity index is 573. The Balaban J connectivity index is 3.14. The van der Waals surface area contributed by atoms with Gasteiger partial charge in [0, 0.05) is 11.7 Å². The molecule has 0 spiro atoms. The quantitative estimate of drug-likeness (QED) is 0.910. The third-order valence-corrected chi connectivity index (χ3v) is 3.74. The molecule has 1 aromatic rings. The minimum absolute atomic E-state index is 0.121.